The van der Waals surface area contributed by atoms with Crippen molar-refractivity contribution in [3.8, 4) is 0 Å². The zero-order chi connectivity index (χ0) is 15.2. The van der Waals surface area contributed by atoms with Gasteiger partial charge in [0.1, 0.15) is 12.1 Å². The van der Waals surface area contributed by atoms with Crippen LogP contribution in [0, 0.1) is 0 Å². The summed E-state index contributed by atoms with van der Waals surface area (Å²) in [7, 11) is 0. The van der Waals surface area contributed by atoms with Crippen molar-refractivity contribution in [2.45, 2.75) is 50.4 Å². The summed E-state index contributed by atoms with van der Waals surface area (Å²) in [6.45, 7) is 0.567. The number of carbonyl (C=O) groups is 2. The highest BCUT2D eigenvalue weighted by molar-refractivity contribution is 5.76. The van der Waals surface area contributed by atoms with Crippen molar-refractivity contribution in [3.05, 3.63) is 0 Å². The minimum atomic E-state index is -4.24. The van der Waals surface area contributed by atoms with E-state index in [1.54, 1.807) is 0 Å². The molecule has 0 radical (unpaired) electrons. The van der Waals surface area contributed by atoms with Gasteiger partial charge in [0.15, 0.2) is 0 Å². The highest BCUT2D eigenvalue weighted by Gasteiger charge is 2.44. The third kappa shape index (κ3) is 4.99. The van der Waals surface area contributed by atoms with Crippen LogP contribution in [0.4, 0.5) is 13.2 Å². The molecule has 8 heteroatoms. The summed E-state index contributed by atoms with van der Waals surface area (Å²) in [5.74, 6) is -1.18. The summed E-state index contributed by atoms with van der Waals surface area (Å²) in [6.07, 6.45) is -2.16. The number of aliphatic carboxylic acids is 1. The van der Waals surface area contributed by atoms with E-state index in [4.69, 9.17) is 5.11 Å². The molecule has 0 spiro atoms. The Morgan fingerprint density at radius 3 is 2.70 bits per heavy atom. The second kappa shape index (κ2) is 7.47. The molecule has 0 saturated carbocycles. The molecule has 1 saturated heterocycles. The zero-order valence-electron chi connectivity index (χ0n) is 11.0. The fourth-order valence-electron chi connectivity index (χ4n) is 2.49. The fourth-order valence-corrected chi connectivity index (χ4v) is 2.49. The van der Waals surface area contributed by atoms with Crippen molar-refractivity contribution in [2.24, 2.45) is 0 Å². The van der Waals surface area contributed by atoms with E-state index in [0.29, 0.717) is 19.4 Å². The minimum absolute atomic E-state index is 0.0957. The van der Waals surface area contributed by atoms with Gasteiger partial charge in [-0.25, -0.2) is 4.79 Å². The standard InChI is InChI=1S/C12H19F3N2O3/c13-12(14,15)10-5-1-2-6-17(10)7-3-4-9(11(19)20)16-8-18/h8-10H,1-7H2,(H,16,18)(H,19,20)/t9?,10-/m0/s1. The van der Waals surface area contributed by atoms with Gasteiger partial charge in [-0.2, -0.15) is 13.2 Å². The third-order valence-corrected chi connectivity index (χ3v) is 3.50. The molecule has 20 heavy (non-hydrogen) atoms. The number of carboxylic acids is 1. The van der Waals surface area contributed by atoms with Crippen LogP contribution >= 0.6 is 0 Å². The number of piperidine rings is 1. The molecule has 0 aromatic rings. The molecule has 0 bridgehead atoms. The molecule has 1 aliphatic rings. The molecular weight excluding hydrogens is 277 g/mol. The van der Waals surface area contributed by atoms with E-state index in [2.05, 4.69) is 5.32 Å². The molecular formula is C12H19F3N2O3. The molecule has 1 fully saturated rings. The van der Waals surface area contributed by atoms with Gasteiger partial charge in [0.2, 0.25) is 6.41 Å². The number of halogens is 3. The molecule has 1 aliphatic heterocycles. The van der Waals surface area contributed by atoms with Gasteiger partial charge in [-0.3, -0.25) is 9.69 Å². The van der Waals surface area contributed by atoms with Crippen LogP contribution in [0.1, 0.15) is 32.1 Å². The molecule has 1 rings (SSSR count). The van der Waals surface area contributed by atoms with E-state index in [-0.39, 0.29) is 25.8 Å². The largest absolute Gasteiger partial charge is 0.480 e. The maximum Gasteiger partial charge on any atom is 0.404 e. The smallest absolute Gasteiger partial charge is 0.404 e. The van der Waals surface area contributed by atoms with E-state index in [1.165, 1.54) is 4.90 Å². The van der Waals surface area contributed by atoms with Crippen LogP contribution in [-0.4, -0.2) is 53.7 Å². The summed E-state index contributed by atoms with van der Waals surface area (Å²) >= 11 is 0. The lowest BCUT2D eigenvalue weighted by atomic mass is 10.0. The van der Waals surface area contributed by atoms with Gasteiger partial charge in [-0.05, 0) is 38.8 Å². The molecule has 1 unspecified atom stereocenters. The lowest BCUT2D eigenvalue weighted by molar-refractivity contribution is -0.191. The van der Waals surface area contributed by atoms with Gasteiger partial charge in [0.05, 0.1) is 0 Å². The zero-order valence-corrected chi connectivity index (χ0v) is 11.0. The maximum atomic E-state index is 12.8. The Morgan fingerprint density at radius 1 is 1.45 bits per heavy atom. The predicted molar refractivity (Wildman–Crippen MR) is 65.1 cm³/mol. The Kier molecular flexibility index (Phi) is 6.25. The van der Waals surface area contributed by atoms with Crippen LogP contribution in [0.25, 0.3) is 0 Å². The highest BCUT2D eigenvalue weighted by atomic mass is 19.4. The van der Waals surface area contributed by atoms with Gasteiger partial charge in [-0.1, -0.05) is 6.42 Å². The molecule has 1 heterocycles. The first-order valence-electron chi connectivity index (χ1n) is 6.59. The summed E-state index contributed by atoms with van der Waals surface area (Å²) in [5, 5.41) is 10.9. The molecule has 2 atom stereocenters. The van der Waals surface area contributed by atoms with Crippen LogP contribution in [0.15, 0.2) is 0 Å². The van der Waals surface area contributed by atoms with Crippen LogP contribution in [0.5, 0.6) is 0 Å². The lowest BCUT2D eigenvalue weighted by Gasteiger charge is -2.36. The maximum absolute atomic E-state index is 12.8. The molecule has 0 aromatic heterocycles. The molecule has 1 amide bonds. The number of carbonyl (C=O) groups excluding carboxylic acids is 1. The van der Waals surface area contributed by atoms with Crippen LogP contribution in [-0.2, 0) is 9.59 Å². The van der Waals surface area contributed by atoms with E-state index >= 15 is 0 Å². The van der Waals surface area contributed by atoms with Crippen LogP contribution < -0.4 is 5.32 Å². The first-order chi connectivity index (χ1) is 9.36. The van der Waals surface area contributed by atoms with Crippen LogP contribution in [0.2, 0.25) is 0 Å². The predicted octanol–water partition coefficient (Wildman–Crippen LogP) is 1.38. The topological polar surface area (TPSA) is 69.6 Å². The quantitative estimate of drug-likeness (QED) is 0.696. The Balaban J connectivity index is 2.45. The summed E-state index contributed by atoms with van der Waals surface area (Å²) in [5.41, 5.74) is 0. The van der Waals surface area contributed by atoms with Crippen molar-refractivity contribution >= 4 is 12.4 Å². The SMILES string of the molecule is O=CNC(CCCN1CCCC[C@H]1C(F)(F)F)C(=O)O. The fraction of sp³-hybridized carbons (Fsp3) is 0.833. The van der Waals surface area contributed by atoms with Gasteiger partial charge >= 0.3 is 12.1 Å². The molecule has 0 aliphatic carbocycles. The van der Waals surface area contributed by atoms with Gasteiger partial charge in [0.25, 0.3) is 0 Å². The summed E-state index contributed by atoms with van der Waals surface area (Å²) < 4.78 is 38.5. The van der Waals surface area contributed by atoms with Crippen molar-refractivity contribution in [3.63, 3.8) is 0 Å². The Labute approximate surface area is 115 Å². The molecule has 2 N–H and O–H groups in total. The minimum Gasteiger partial charge on any atom is -0.480 e. The molecule has 0 aromatic carbocycles. The first kappa shape index (κ1) is 16.7. The Morgan fingerprint density at radius 2 is 2.15 bits per heavy atom. The number of hydrogen-bond acceptors (Lipinski definition) is 3. The number of hydrogen-bond donors (Lipinski definition) is 2. The number of carboxylic acid groups (broad SMARTS) is 1. The number of likely N-dealkylation sites (tertiary alicyclic amines) is 1. The monoisotopic (exact) mass is 296 g/mol. The number of rotatable bonds is 7. The lowest BCUT2D eigenvalue weighted by Crippen LogP contribution is -2.49. The second-order valence-electron chi connectivity index (χ2n) is 4.91. The first-order valence-corrected chi connectivity index (χ1v) is 6.59. The van der Waals surface area contributed by atoms with Crippen molar-refractivity contribution in [1.82, 2.24) is 10.2 Å². The average Bonchev–Trinajstić information content (AvgIpc) is 2.37. The van der Waals surface area contributed by atoms with E-state index in [1.807, 2.05) is 0 Å². The summed E-state index contributed by atoms with van der Waals surface area (Å²) in [6, 6.07) is -2.47. The normalized spacial score (nSPS) is 22.2. The summed E-state index contributed by atoms with van der Waals surface area (Å²) in [4.78, 5) is 22.4. The van der Waals surface area contributed by atoms with Crippen LogP contribution in [0.3, 0.4) is 0 Å². The van der Waals surface area contributed by atoms with Crippen molar-refractivity contribution in [2.75, 3.05) is 13.1 Å². The third-order valence-electron chi connectivity index (χ3n) is 3.50. The number of alkyl halides is 3. The van der Waals surface area contributed by atoms with Crippen molar-refractivity contribution in [1.29, 1.82) is 0 Å². The Hall–Kier alpha value is -1.31. The van der Waals surface area contributed by atoms with Gasteiger partial charge in [-0.15, -0.1) is 0 Å². The van der Waals surface area contributed by atoms with Crippen molar-refractivity contribution < 1.29 is 27.9 Å². The van der Waals surface area contributed by atoms with E-state index in [0.717, 1.165) is 6.42 Å². The molecule has 116 valence electrons. The van der Waals surface area contributed by atoms with Gasteiger partial charge < -0.3 is 10.4 Å². The average molecular weight is 296 g/mol. The number of nitrogens with zero attached hydrogens (tertiary/aromatic N) is 1. The highest BCUT2D eigenvalue weighted by Crippen LogP contribution is 2.31. The van der Waals surface area contributed by atoms with Gasteiger partial charge in [0, 0.05) is 0 Å². The number of nitrogens with one attached hydrogen (secondary N) is 1. The number of amides is 1. The molecule has 5 nitrogen and oxygen atoms in total. The van der Waals surface area contributed by atoms with E-state index < -0.39 is 24.2 Å². The van der Waals surface area contributed by atoms with E-state index in [9.17, 15) is 22.8 Å². The Bertz CT molecular complexity index is 336. The second-order valence-corrected chi connectivity index (χ2v) is 4.91.